The Morgan fingerprint density at radius 2 is 2.42 bits per heavy atom. The Kier molecular flexibility index (Phi) is 2.63. The second-order valence-electron chi connectivity index (χ2n) is 2.30. The first-order chi connectivity index (χ1) is 5.70. The molecule has 0 aliphatic heterocycles. The van der Waals surface area contributed by atoms with Crippen LogP contribution < -0.4 is 4.73 Å². The average molecular weight is 167 g/mol. The van der Waals surface area contributed by atoms with Crippen molar-refractivity contribution in [2.45, 2.75) is 13.5 Å². The average Bonchev–Trinajstić information content (AvgIpc) is 2.03. The van der Waals surface area contributed by atoms with Gasteiger partial charge >= 0.3 is 5.97 Å². The van der Waals surface area contributed by atoms with Crippen molar-refractivity contribution in [2.24, 2.45) is 0 Å². The standard InChI is InChI=1S/C8H9NO3/c1-7(10)12-6-8-4-2-3-5-9(8)11/h2-5H,6H2,1H3. The molecule has 0 aliphatic carbocycles. The third-order valence-electron chi connectivity index (χ3n) is 1.33. The maximum absolute atomic E-state index is 11.0. The van der Waals surface area contributed by atoms with Crippen molar-refractivity contribution in [2.75, 3.05) is 0 Å². The van der Waals surface area contributed by atoms with Gasteiger partial charge in [-0.15, -0.1) is 0 Å². The lowest BCUT2D eigenvalue weighted by Crippen LogP contribution is -2.31. The molecule has 0 spiro atoms. The van der Waals surface area contributed by atoms with E-state index in [9.17, 15) is 10.0 Å². The highest BCUT2D eigenvalue weighted by Gasteiger charge is 2.04. The van der Waals surface area contributed by atoms with Crippen LogP contribution in [-0.2, 0) is 16.1 Å². The Bertz CT molecular complexity index is 285. The van der Waals surface area contributed by atoms with E-state index < -0.39 is 0 Å². The number of esters is 1. The third kappa shape index (κ3) is 2.23. The lowest BCUT2D eigenvalue weighted by Gasteiger charge is -2.02. The first-order valence-corrected chi connectivity index (χ1v) is 3.50. The van der Waals surface area contributed by atoms with Crippen LogP contribution in [0.25, 0.3) is 0 Å². The fourth-order valence-corrected chi connectivity index (χ4v) is 0.751. The van der Waals surface area contributed by atoms with Gasteiger partial charge in [0.25, 0.3) is 0 Å². The molecule has 1 aromatic rings. The quantitative estimate of drug-likeness (QED) is 0.363. The van der Waals surface area contributed by atoms with Crippen LogP contribution >= 0.6 is 0 Å². The Hall–Kier alpha value is -1.58. The summed E-state index contributed by atoms with van der Waals surface area (Å²) in [6.45, 7) is 1.33. The van der Waals surface area contributed by atoms with Crippen LogP contribution in [0, 0.1) is 5.21 Å². The van der Waals surface area contributed by atoms with E-state index >= 15 is 0 Å². The molecule has 12 heavy (non-hydrogen) atoms. The first kappa shape index (κ1) is 8.52. The molecule has 0 aliphatic rings. The zero-order valence-corrected chi connectivity index (χ0v) is 6.69. The molecule has 64 valence electrons. The normalized spacial score (nSPS) is 9.42. The number of carbonyl (C=O) groups is 1. The van der Waals surface area contributed by atoms with E-state index in [0.29, 0.717) is 10.4 Å². The maximum atomic E-state index is 11.0. The van der Waals surface area contributed by atoms with Crippen LogP contribution in [0.1, 0.15) is 12.6 Å². The summed E-state index contributed by atoms with van der Waals surface area (Å²) >= 11 is 0. The Balaban J connectivity index is 2.63. The molecule has 0 radical (unpaired) electrons. The highest BCUT2D eigenvalue weighted by atomic mass is 16.5. The van der Waals surface area contributed by atoms with Crippen LogP contribution in [0.5, 0.6) is 0 Å². The van der Waals surface area contributed by atoms with Gasteiger partial charge in [-0.05, 0) is 6.07 Å². The lowest BCUT2D eigenvalue weighted by atomic mass is 10.4. The summed E-state index contributed by atoms with van der Waals surface area (Å²) < 4.78 is 5.32. The molecule has 0 aromatic carbocycles. The van der Waals surface area contributed by atoms with Gasteiger partial charge in [0.2, 0.25) is 5.69 Å². The van der Waals surface area contributed by atoms with Crippen molar-refractivity contribution in [3.8, 4) is 0 Å². The molecule has 0 atom stereocenters. The number of pyridine rings is 1. The van der Waals surface area contributed by atoms with E-state index in [1.807, 2.05) is 0 Å². The first-order valence-electron chi connectivity index (χ1n) is 3.50. The molecule has 0 amide bonds. The highest BCUT2D eigenvalue weighted by molar-refractivity contribution is 5.65. The number of hydrogen-bond donors (Lipinski definition) is 0. The summed E-state index contributed by atoms with van der Waals surface area (Å²) in [5.74, 6) is -0.390. The van der Waals surface area contributed by atoms with Gasteiger partial charge in [0.05, 0.1) is 0 Å². The summed E-state index contributed by atoms with van der Waals surface area (Å²) in [7, 11) is 0. The molecule has 1 aromatic heterocycles. The number of hydrogen-bond acceptors (Lipinski definition) is 3. The minimum Gasteiger partial charge on any atom is -0.618 e. The number of carbonyl (C=O) groups excluding carboxylic acids is 1. The van der Waals surface area contributed by atoms with E-state index in [0.717, 1.165) is 0 Å². The summed E-state index contributed by atoms with van der Waals surface area (Å²) in [4.78, 5) is 10.4. The summed E-state index contributed by atoms with van der Waals surface area (Å²) in [6.07, 6.45) is 1.36. The summed E-state index contributed by atoms with van der Waals surface area (Å²) in [5.41, 5.74) is 0.424. The molecule has 1 heterocycles. The smallest absolute Gasteiger partial charge is 0.303 e. The van der Waals surface area contributed by atoms with Crippen molar-refractivity contribution >= 4 is 5.97 Å². The SMILES string of the molecule is CC(=O)OCc1cccc[n+]1[O-]. The van der Waals surface area contributed by atoms with Gasteiger partial charge < -0.3 is 9.94 Å². The predicted molar refractivity (Wildman–Crippen MR) is 40.9 cm³/mol. The van der Waals surface area contributed by atoms with Crippen molar-refractivity contribution in [3.63, 3.8) is 0 Å². The van der Waals surface area contributed by atoms with Crippen LogP contribution in [-0.4, -0.2) is 5.97 Å². The minimum atomic E-state index is -0.390. The van der Waals surface area contributed by atoms with Gasteiger partial charge in [0, 0.05) is 19.1 Å². The molecule has 0 saturated heterocycles. The van der Waals surface area contributed by atoms with Crippen LogP contribution in [0.3, 0.4) is 0 Å². The second-order valence-corrected chi connectivity index (χ2v) is 2.30. The van der Waals surface area contributed by atoms with Gasteiger partial charge in [-0.1, -0.05) is 0 Å². The topological polar surface area (TPSA) is 53.2 Å². The maximum Gasteiger partial charge on any atom is 0.303 e. The molecule has 0 N–H and O–H groups in total. The Morgan fingerprint density at radius 1 is 1.67 bits per heavy atom. The zero-order valence-electron chi connectivity index (χ0n) is 6.69. The molecular weight excluding hydrogens is 158 g/mol. The van der Waals surface area contributed by atoms with Crippen molar-refractivity contribution < 1.29 is 14.3 Å². The summed E-state index contributed by atoms with van der Waals surface area (Å²) in [6, 6.07) is 4.94. The number of rotatable bonds is 2. The minimum absolute atomic E-state index is 0.0275. The molecule has 0 saturated carbocycles. The number of nitrogens with zero attached hydrogens (tertiary/aromatic N) is 1. The Morgan fingerprint density at radius 3 is 3.00 bits per heavy atom. The van der Waals surface area contributed by atoms with E-state index in [-0.39, 0.29) is 12.6 Å². The largest absolute Gasteiger partial charge is 0.618 e. The third-order valence-corrected chi connectivity index (χ3v) is 1.33. The molecule has 0 bridgehead atoms. The Labute approximate surface area is 70.0 Å². The van der Waals surface area contributed by atoms with Gasteiger partial charge in [0.1, 0.15) is 0 Å². The van der Waals surface area contributed by atoms with Crippen molar-refractivity contribution in [1.29, 1.82) is 0 Å². The van der Waals surface area contributed by atoms with Crippen LogP contribution in [0.2, 0.25) is 0 Å². The monoisotopic (exact) mass is 167 g/mol. The van der Waals surface area contributed by atoms with Crippen molar-refractivity contribution in [1.82, 2.24) is 0 Å². The van der Waals surface area contributed by atoms with Gasteiger partial charge in [-0.3, -0.25) is 4.79 Å². The molecule has 0 fully saturated rings. The van der Waals surface area contributed by atoms with Crippen molar-refractivity contribution in [3.05, 3.63) is 35.3 Å². The number of ether oxygens (including phenoxy) is 1. The van der Waals surface area contributed by atoms with Gasteiger partial charge in [-0.2, -0.15) is 4.73 Å². The fourth-order valence-electron chi connectivity index (χ4n) is 0.751. The van der Waals surface area contributed by atoms with Gasteiger partial charge in [-0.25, -0.2) is 0 Å². The fraction of sp³-hybridized carbons (Fsp3) is 0.250. The molecule has 1 rings (SSSR count). The molecular formula is C8H9NO3. The zero-order chi connectivity index (χ0) is 8.97. The lowest BCUT2D eigenvalue weighted by molar-refractivity contribution is -0.616. The van der Waals surface area contributed by atoms with E-state index in [2.05, 4.69) is 4.74 Å². The van der Waals surface area contributed by atoms with E-state index in [4.69, 9.17) is 0 Å². The second kappa shape index (κ2) is 3.71. The van der Waals surface area contributed by atoms with Crippen LogP contribution in [0.4, 0.5) is 0 Å². The summed E-state index contributed by atoms with van der Waals surface area (Å²) in [5, 5.41) is 11.0. The predicted octanol–water partition coefficient (Wildman–Crippen LogP) is 0.383. The molecule has 4 nitrogen and oxygen atoms in total. The molecule has 4 heteroatoms. The van der Waals surface area contributed by atoms with Gasteiger partial charge in [0.15, 0.2) is 12.8 Å². The molecule has 0 unspecified atom stereocenters. The number of aromatic nitrogens is 1. The van der Waals surface area contributed by atoms with Crippen LogP contribution in [0.15, 0.2) is 24.4 Å². The highest BCUT2D eigenvalue weighted by Crippen LogP contribution is 1.93. The van der Waals surface area contributed by atoms with E-state index in [1.165, 1.54) is 13.1 Å². The van der Waals surface area contributed by atoms with E-state index in [1.54, 1.807) is 18.2 Å².